The number of aryl methyl sites for hydroxylation is 1. The van der Waals surface area contributed by atoms with E-state index in [1.807, 2.05) is 25.1 Å². The molecular formula is C10H10BrClO. The van der Waals surface area contributed by atoms with E-state index in [9.17, 15) is 4.79 Å². The summed E-state index contributed by atoms with van der Waals surface area (Å²) in [4.78, 5) is 11.0. The molecule has 0 aliphatic carbocycles. The predicted molar refractivity (Wildman–Crippen MR) is 58.2 cm³/mol. The zero-order chi connectivity index (χ0) is 10.0. The molecule has 1 unspecified atom stereocenters. The van der Waals surface area contributed by atoms with Gasteiger partial charge in [-0.2, -0.15) is 0 Å². The predicted octanol–water partition coefficient (Wildman–Crippen LogP) is 3.63. The second-order valence-electron chi connectivity index (χ2n) is 2.98. The maximum Gasteiger partial charge on any atom is 0.152 e. The molecule has 70 valence electrons. The molecule has 0 aliphatic rings. The van der Waals surface area contributed by atoms with Crippen LogP contribution in [0, 0.1) is 6.92 Å². The monoisotopic (exact) mass is 260 g/mol. The molecule has 0 radical (unpaired) electrons. The fourth-order valence-corrected chi connectivity index (χ4v) is 1.44. The second-order valence-corrected chi connectivity index (χ2v) is 4.27. The Morgan fingerprint density at radius 3 is 2.62 bits per heavy atom. The summed E-state index contributed by atoms with van der Waals surface area (Å²) in [5, 5.41) is -0.521. The van der Waals surface area contributed by atoms with Crippen LogP contribution in [-0.2, 0) is 4.79 Å². The minimum Gasteiger partial charge on any atom is -0.298 e. The molecule has 0 N–H and O–H groups in total. The van der Waals surface area contributed by atoms with Crippen LogP contribution in [0.25, 0.3) is 0 Å². The van der Waals surface area contributed by atoms with Gasteiger partial charge >= 0.3 is 0 Å². The van der Waals surface area contributed by atoms with E-state index in [0.717, 1.165) is 15.6 Å². The van der Waals surface area contributed by atoms with Crippen molar-refractivity contribution in [2.45, 2.75) is 19.2 Å². The highest BCUT2D eigenvalue weighted by Gasteiger charge is 2.13. The van der Waals surface area contributed by atoms with Gasteiger partial charge in [-0.3, -0.25) is 4.79 Å². The summed E-state index contributed by atoms with van der Waals surface area (Å²) in [6.45, 7) is 3.46. The van der Waals surface area contributed by atoms with Gasteiger partial charge in [-0.25, -0.2) is 0 Å². The van der Waals surface area contributed by atoms with Gasteiger partial charge in [-0.15, -0.1) is 11.6 Å². The van der Waals surface area contributed by atoms with Gasteiger partial charge in [0.25, 0.3) is 0 Å². The Bertz CT molecular complexity index is 336. The average Bonchev–Trinajstić information content (AvgIpc) is 2.08. The molecule has 1 atom stereocenters. The van der Waals surface area contributed by atoms with Crippen molar-refractivity contribution in [3.8, 4) is 0 Å². The highest BCUT2D eigenvalue weighted by molar-refractivity contribution is 9.10. The van der Waals surface area contributed by atoms with Crippen molar-refractivity contribution in [3.05, 3.63) is 33.8 Å². The van der Waals surface area contributed by atoms with Gasteiger partial charge in [-0.1, -0.05) is 28.1 Å². The average molecular weight is 262 g/mol. The normalized spacial score (nSPS) is 12.6. The van der Waals surface area contributed by atoms with Crippen molar-refractivity contribution in [2.24, 2.45) is 0 Å². The van der Waals surface area contributed by atoms with E-state index in [1.54, 1.807) is 0 Å². The molecule has 0 saturated carbocycles. The fraction of sp³-hybridized carbons (Fsp3) is 0.300. The molecule has 0 saturated heterocycles. The molecule has 3 heteroatoms. The quantitative estimate of drug-likeness (QED) is 0.743. The third kappa shape index (κ3) is 2.55. The molecule has 1 aromatic carbocycles. The van der Waals surface area contributed by atoms with Crippen LogP contribution in [0.3, 0.4) is 0 Å². The summed E-state index contributed by atoms with van der Waals surface area (Å²) in [5.74, 6) is -0.0246. The Morgan fingerprint density at radius 2 is 2.15 bits per heavy atom. The lowest BCUT2D eigenvalue weighted by molar-refractivity contribution is -0.116. The van der Waals surface area contributed by atoms with E-state index in [-0.39, 0.29) is 5.78 Å². The summed E-state index contributed by atoms with van der Waals surface area (Å²) in [6, 6.07) is 5.68. The zero-order valence-electron chi connectivity index (χ0n) is 7.47. The Kier molecular flexibility index (Phi) is 3.51. The summed E-state index contributed by atoms with van der Waals surface area (Å²) >= 11 is 9.29. The summed E-state index contributed by atoms with van der Waals surface area (Å²) in [5.41, 5.74) is 1.94. The van der Waals surface area contributed by atoms with Gasteiger partial charge < -0.3 is 0 Å². The van der Waals surface area contributed by atoms with Crippen molar-refractivity contribution in [1.29, 1.82) is 0 Å². The number of Topliss-reactive ketones (excluding diaryl/α,β-unsaturated/α-hetero) is 1. The van der Waals surface area contributed by atoms with Gasteiger partial charge in [0.1, 0.15) is 5.38 Å². The molecule has 1 rings (SSSR count). The third-order valence-corrected chi connectivity index (χ3v) is 3.28. The first-order valence-electron chi connectivity index (χ1n) is 3.93. The molecule has 0 fully saturated rings. The van der Waals surface area contributed by atoms with E-state index in [1.165, 1.54) is 6.92 Å². The van der Waals surface area contributed by atoms with Crippen LogP contribution in [0.2, 0.25) is 0 Å². The maximum atomic E-state index is 11.0. The first kappa shape index (κ1) is 10.7. The van der Waals surface area contributed by atoms with E-state index in [0.29, 0.717) is 0 Å². The minimum atomic E-state index is -0.521. The van der Waals surface area contributed by atoms with Gasteiger partial charge in [0.15, 0.2) is 5.78 Å². The van der Waals surface area contributed by atoms with Gasteiger partial charge in [0, 0.05) is 4.47 Å². The van der Waals surface area contributed by atoms with Crippen LogP contribution in [-0.4, -0.2) is 5.78 Å². The molecule has 0 spiro atoms. The van der Waals surface area contributed by atoms with Crippen molar-refractivity contribution in [3.63, 3.8) is 0 Å². The van der Waals surface area contributed by atoms with Crippen LogP contribution in [0.1, 0.15) is 23.4 Å². The molecule has 1 nitrogen and oxygen atoms in total. The number of hydrogen-bond acceptors (Lipinski definition) is 1. The number of carbonyl (C=O) groups is 1. The zero-order valence-corrected chi connectivity index (χ0v) is 9.82. The van der Waals surface area contributed by atoms with E-state index >= 15 is 0 Å². The van der Waals surface area contributed by atoms with Crippen LogP contribution < -0.4 is 0 Å². The fourth-order valence-electron chi connectivity index (χ4n) is 1.06. The molecule has 0 amide bonds. The molecule has 0 bridgehead atoms. The molecule has 0 aromatic heterocycles. The Labute approximate surface area is 91.2 Å². The smallest absolute Gasteiger partial charge is 0.152 e. The Hall–Kier alpha value is -0.340. The summed E-state index contributed by atoms with van der Waals surface area (Å²) in [6.07, 6.45) is 0. The summed E-state index contributed by atoms with van der Waals surface area (Å²) in [7, 11) is 0. The Morgan fingerprint density at radius 1 is 1.54 bits per heavy atom. The molecular weight excluding hydrogens is 251 g/mol. The second kappa shape index (κ2) is 4.25. The van der Waals surface area contributed by atoms with Gasteiger partial charge in [0.05, 0.1) is 0 Å². The number of alkyl halides is 1. The van der Waals surface area contributed by atoms with Gasteiger partial charge in [-0.05, 0) is 31.0 Å². The van der Waals surface area contributed by atoms with Crippen LogP contribution in [0.5, 0.6) is 0 Å². The van der Waals surface area contributed by atoms with Crippen LogP contribution in [0.4, 0.5) is 0 Å². The van der Waals surface area contributed by atoms with Crippen molar-refractivity contribution >= 4 is 33.3 Å². The van der Waals surface area contributed by atoms with Crippen molar-refractivity contribution in [2.75, 3.05) is 0 Å². The topological polar surface area (TPSA) is 17.1 Å². The lowest BCUT2D eigenvalue weighted by Crippen LogP contribution is -2.01. The standard InChI is InChI=1S/C10H10BrClO/c1-6-5-8(3-4-9(6)11)10(12)7(2)13/h3-5,10H,1-2H3. The van der Waals surface area contributed by atoms with Gasteiger partial charge in [0.2, 0.25) is 0 Å². The van der Waals surface area contributed by atoms with E-state index < -0.39 is 5.38 Å². The molecule has 0 heterocycles. The lowest BCUT2D eigenvalue weighted by Gasteiger charge is -2.07. The van der Waals surface area contributed by atoms with Crippen LogP contribution >= 0.6 is 27.5 Å². The number of benzene rings is 1. The largest absolute Gasteiger partial charge is 0.298 e. The number of hydrogen-bond donors (Lipinski definition) is 0. The molecule has 13 heavy (non-hydrogen) atoms. The third-order valence-electron chi connectivity index (χ3n) is 1.83. The highest BCUT2D eigenvalue weighted by Crippen LogP contribution is 2.25. The van der Waals surface area contributed by atoms with Crippen LogP contribution in [0.15, 0.2) is 22.7 Å². The minimum absolute atomic E-state index is 0.0246. The number of carbonyl (C=O) groups excluding carboxylic acids is 1. The van der Waals surface area contributed by atoms with E-state index in [2.05, 4.69) is 15.9 Å². The first-order chi connectivity index (χ1) is 6.02. The molecule has 1 aromatic rings. The number of halogens is 2. The molecule has 0 aliphatic heterocycles. The van der Waals surface area contributed by atoms with E-state index in [4.69, 9.17) is 11.6 Å². The highest BCUT2D eigenvalue weighted by atomic mass is 79.9. The first-order valence-corrected chi connectivity index (χ1v) is 5.16. The lowest BCUT2D eigenvalue weighted by atomic mass is 10.1. The summed E-state index contributed by atoms with van der Waals surface area (Å²) < 4.78 is 1.03. The SMILES string of the molecule is CC(=O)C(Cl)c1ccc(Br)c(C)c1. The van der Waals surface area contributed by atoms with Crippen molar-refractivity contribution in [1.82, 2.24) is 0 Å². The maximum absolute atomic E-state index is 11.0. The van der Waals surface area contributed by atoms with Crippen molar-refractivity contribution < 1.29 is 4.79 Å². The number of ketones is 1. The number of rotatable bonds is 2. The Balaban J connectivity index is 3.03.